The monoisotopic (exact) mass is 230 g/mol. The Morgan fingerprint density at radius 3 is 2.19 bits per heavy atom. The quantitative estimate of drug-likeness (QED) is 0.252. The van der Waals surface area contributed by atoms with Crippen LogP contribution in [-0.2, 0) is 4.79 Å². The number of carbonyl (C=O) groups is 1. The van der Waals surface area contributed by atoms with Crippen molar-refractivity contribution >= 4 is 5.97 Å². The Morgan fingerprint density at radius 1 is 1.25 bits per heavy atom. The van der Waals surface area contributed by atoms with E-state index in [0.29, 0.717) is 0 Å². The van der Waals surface area contributed by atoms with E-state index >= 15 is 0 Å². The number of carbonyl (C=O) groups excluding carboxylic acids is 1. The van der Waals surface area contributed by atoms with Crippen LogP contribution in [0.4, 0.5) is 0 Å². The van der Waals surface area contributed by atoms with Crippen LogP contribution >= 0.6 is 0 Å². The topological polar surface area (TPSA) is 137 Å². The maximum Gasteiger partial charge on any atom is 0.308 e. The normalized spacial score (nSPS) is 7.31. The lowest BCUT2D eigenvalue weighted by Crippen LogP contribution is -2.01. The largest absolute Gasteiger partial charge is 0.504 e. The summed E-state index contributed by atoms with van der Waals surface area (Å²) in [6.07, 6.45) is 0. The Hall–Kier alpha value is -2.05. The van der Waals surface area contributed by atoms with Crippen LogP contribution in [0.2, 0.25) is 0 Å². The summed E-state index contributed by atoms with van der Waals surface area (Å²) < 4.78 is 4.58. The first-order chi connectivity index (χ1) is 6.61. The smallest absolute Gasteiger partial charge is 0.308 e. The molecule has 0 unspecified atom stereocenters. The standard InChI is InChI=1S/C8H8O4.C2H4.2H3N/c1-5(9)12-7-4-2-3-6(10)8(7)11;1-2;;/h2-4,10-11H,1H3;1-2H2;2*1H3. The first-order valence-electron chi connectivity index (χ1n) is 3.80. The number of esters is 1. The van der Waals surface area contributed by atoms with E-state index in [9.17, 15) is 4.79 Å². The molecule has 0 fully saturated rings. The van der Waals surface area contributed by atoms with Gasteiger partial charge in [0.25, 0.3) is 0 Å². The van der Waals surface area contributed by atoms with Gasteiger partial charge in [0.1, 0.15) is 0 Å². The zero-order chi connectivity index (χ0) is 11.1. The lowest BCUT2D eigenvalue weighted by atomic mass is 10.3. The van der Waals surface area contributed by atoms with E-state index in [0.717, 1.165) is 0 Å². The molecule has 0 bridgehead atoms. The van der Waals surface area contributed by atoms with E-state index in [1.807, 2.05) is 0 Å². The molecule has 0 saturated carbocycles. The van der Waals surface area contributed by atoms with E-state index in [4.69, 9.17) is 10.2 Å². The molecule has 0 atom stereocenters. The molecule has 1 aromatic rings. The fourth-order valence-corrected chi connectivity index (χ4v) is 0.748. The highest BCUT2D eigenvalue weighted by molar-refractivity contribution is 5.70. The first-order valence-corrected chi connectivity index (χ1v) is 3.80. The summed E-state index contributed by atoms with van der Waals surface area (Å²) in [6, 6.07) is 4.14. The molecule has 1 aromatic carbocycles. The molecule has 0 saturated heterocycles. The average molecular weight is 230 g/mol. The molecule has 0 aliphatic carbocycles. The van der Waals surface area contributed by atoms with Gasteiger partial charge in [0.15, 0.2) is 11.5 Å². The number of hydrogen-bond donors (Lipinski definition) is 4. The van der Waals surface area contributed by atoms with Crippen molar-refractivity contribution < 1.29 is 19.7 Å². The Bertz CT molecular complexity index is 329. The number of aromatic hydroxyl groups is 2. The second kappa shape index (κ2) is 9.50. The van der Waals surface area contributed by atoms with Crippen molar-refractivity contribution in [2.75, 3.05) is 0 Å². The van der Waals surface area contributed by atoms with Crippen LogP contribution in [0.3, 0.4) is 0 Å². The van der Waals surface area contributed by atoms with Crippen LogP contribution in [0.5, 0.6) is 17.2 Å². The molecule has 6 nitrogen and oxygen atoms in total. The Balaban J connectivity index is -0.000000399. The first kappa shape index (κ1) is 19.5. The van der Waals surface area contributed by atoms with Crippen molar-refractivity contribution in [2.24, 2.45) is 0 Å². The Morgan fingerprint density at radius 2 is 1.75 bits per heavy atom. The number of para-hydroxylation sites is 1. The molecule has 16 heavy (non-hydrogen) atoms. The maximum absolute atomic E-state index is 10.5. The molecule has 0 heterocycles. The molecule has 0 aliphatic rings. The number of rotatable bonds is 1. The van der Waals surface area contributed by atoms with Crippen LogP contribution in [0.15, 0.2) is 31.4 Å². The molecule has 8 N–H and O–H groups in total. The third-order valence-electron chi connectivity index (χ3n) is 1.23. The molecule has 92 valence electrons. The fraction of sp³-hybridized carbons (Fsp3) is 0.100. The van der Waals surface area contributed by atoms with Gasteiger partial charge >= 0.3 is 5.97 Å². The van der Waals surface area contributed by atoms with Gasteiger partial charge in [0.2, 0.25) is 5.75 Å². The summed E-state index contributed by atoms with van der Waals surface area (Å²) >= 11 is 0. The second-order valence-corrected chi connectivity index (χ2v) is 2.22. The van der Waals surface area contributed by atoms with Gasteiger partial charge < -0.3 is 27.3 Å². The Kier molecular flexibility index (Phi) is 11.6. The minimum atomic E-state index is -0.545. The van der Waals surface area contributed by atoms with Gasteiger partial charge in [-0.3, -0.25) is 4.79 Å². The third kappa shape index (κ3) is 5.63. The Labute approximate surface area is 94.3 Å². The van der Waals surface area contributed by atoms with Crippen LogP contribution in [-0.4, -0.2) is 16.2 Å². The van der Waals surface area contributed by atoms with Gasteiger partial charge in [-0.05, 0) is 12.1 Å². The average Bonchev–Trinajstić information content (AvgIpc) is 2.16. The third-order valence-corrected chi connectivity index (χ3v) is 1.23. The van der Waals surface area contributed by atoms with E-state index in [2.05, 4.69) is 17.9 Å². The van der Waals surface area contributed by atoms with Crippen molar-refractivity contribution in [2.45, 2.75) is 6.92 Å². The number of phenolic OH excluding ortho intramolecular Hbond substituents is 2. The summed E-state index contributed by atoms with van der Waals surface area (Å²) in [4.78, 5) is 10.5. The van der Waals surface area contributed by atoms with Crippen LogP contribution in [0.1, 0.15) is 6.92 Å². The molecular weight excluding hydrogens is 212 g/mol. The number of hydrogen-bond acceptors (Lipinski definition) is 6. The summed E-state index contributed by atoms with van der Waals surface area (Å²) in [5.74, 6) is -1.32. The van der Waals surface area contributed by atoms with E-state index in [-0.39, 0.29) is 23.8 Å². The second-order valence-electron chi connectivity index (χ2n) is 2.22. The predicted octanol–water partition coefficient (Wildman–Crippen LogP) is 2.15. The van der Waals surface area contributed by atoms with Gasteiger partial charge in [0, 0.05) is 6.92 Å². The molecule has 0 aliphatic heterocycles. The minimum Gasteiger partial charge on any atom is -0.504 e. The van der Waals surface area contributed by atoms with Gasteiger partial charge in [-0.25, -0.2) is 0 Å². The van der Waals surface area contributed by atoms with Crippen LogP contribution in [0.25, 0.3) is 0 Å². The van der Waals surface area contributed by atoms with Gasteiger partial charge in [0.05, 0.1) is 0 Å². The van der Waals surface area contributed by atoms with Crippen molar-refractivity contribution in [3.63, 3.8) is 0 Å². The minimum absolute atomic E-state index is 0. The molecular formula is C10H18N2O4. The van der Waals surface area contributed by atoms with Crippen molar-refractivity contribution in [3.8, 4) is 17.2 Å². The molecule has 0 amide bonds. The van der Waals surface area contributed by atoms with E-state index in [1.165, 1.54) is 25.1 Å². The lowest BCUT2D eigenvalue weighted by Gasteiger charge is -2.03. The maximum atomic E-state index is 10.5. The highest BCUT2D eigenvalue weighted by Crippen LogP contribution is 2.34. The van der Waals surface area contributed by atoms with Crippen molar-refractivity contribution in [1.29, 1.82) is 0 Å². The molecule has 0 spiro atoms. The van der Waals surface area contributed by atoms with Crippen LogP contribution in [0, 0.1) is 0 Å². The van der Waals surface area contributed by atoms with Crippen molar-refractivity contribution in [3.05, 3.63) is 31.4 Å². The summed E-state index contributed by atoms with van der Waals surface area (Å²) in [5, 5.41) is 18.1. The lowest BCUT2D eigenvalue weighted by molar-refractivity contribution is -0.132. The molecule has 1 rings (SSSR count). The zero-order valence-electron chi connectivity index (χ0n) is 9.27. The molecule has 6 heteroatoms. The van der Waals surface area contributed by atoms with E-state index < -0.39 is 11.7 Å². The zero-order valence-corrected chi connectivity index (χ0v) is 9.27. The SMILES string of the molecule is C=C.CC(=O)Oc1cccc(O)c1O.N.N. The number of phenols is 2. The van der Waals surface area contributed by atoms with Gasteiger partial charge in [-0.2, -0.15) is 0 Å². The molecule has 0 aromatic heterocycles. The fourth-order valence-electron chi connectivity index (χ4n) is 0.748. The van der Waals surface area contributed by atoms with Gasteiger partial charge in [-0.1, -0.05) is 6.07 Å². The summed E-state index contributed by atoms with van der Waals surface area (Å²) in [5.41, 5.74) is 0. The number of ether oxygens (including phenoxy) is 1. The van der Waals surface area contributed by atoms with E-state index in [1.54, 1.807) is 0 Å². The highest BCUT2D eigenvalue weighted by Gasteiger charge is 2.07. The summed E-state index contributed by atoms with van der Waals surface area (Å²) in [7, 11) is 0. The number of benzene rings is 1. The highest BCUT2D eigenvalue weighted by atomic mass is 16.5. The molecule has 0 radical (unpaired) electrons. The summed E-state index contributed by atoms with van der Waals surface area (Å²) in [6.45, 7) is 7.21. The van der Waals surface area contributed by atoms with Crippen LogP contribution < -0.4 is 17.0 Å². The van der Waals surface area contributed by atoms with Gasteiger partial charge in [-0.15, -0.1) is 13.2 Å². The predicted molar refractivity (Wildman–Crippen MR) is 62.4 cm³/mol. The van der Waals surface area contributed by atoms with Crippen molar-refractivity contribution in [1.82, 2.24) is 12.3 Å².